The van der Waals surface area contributed by atoms with Crippen LogP contribution < -0.4 is 5.32 Å². The van der Waals surface area contributed by atoms with E-state index in [0.29, 0.717) is 11.3 Å². The number of hydrogen-bond acceptors (Lipinski definition) is 5. The highest BCUT2D eigenvalue weighted by molar-refractivity contribution is 6.04. The summed E-state index contributed by atoms with van der Waals surface area (Å²) in [6.45, 7) is 3.62. The lowest BCUT2D eigenvalue weighted by Crippen LogP contribution is -2.15. The van der Waals surface area contributed by atoms with Crippen LogP contribution in [0.3, 0.4) is 0 Å². The zero-order chi connectivity index (χ0) is 19.1. The predicted molar refractivity (Wildman–Crippen MR) is 96.8 cm³/mol. The van der Waals surface area contributed by atoms with Crippen molar-refractivity contribution in [2.45, 2.75) is 26.7 Å². The number of carboxylic acid groups (broad SMARTS) is 1. The van der Waals surface area contributed by atoms with Gasteiger partial charge in [0, 0.05) is 11.5 Å². The Kier molecular flexibility index (Phi) is 4.02. The number of hydrogen-bond donors (Lipinski definition) is 2. The number of aryl methyl sites for hydroxylation is 1. The normalized spacial score (nSPS) is 13.6. The summed E-state index contributed by atoms with van der Waals surface area (Å²) >= 11 is 0. The van der Waals surface area contributed by atoms with Crippen molar-refractivity contribution in [3.05, 3.63) is 47.3 Å². The van der Waals surface area contributed by atoms with Gasteiger partial charge in [0.2, 0.25) is 11.8 Å². The van der Waals surface area contributed by atoms with Crippen LogP contribution >= 0.6 is 0 Å². The first-order chi connectivity index (χ1) is 13.0. The molecule has 1 aliphatic rings. The number of carbonyl (C=O) groups is 2. The van der Waals surface area contributed by atoms with Crippen LogP contribution in [0, 0.1) is 19.8 Å². The highest BCUT2D eigenvalue weighted by Crippen LogP contribution is 2.36. The van der Waals surface area contributed by atoms with Crippen molar-refractivity contribution < 1.29 is 19.2 Å². The summed E-state index contributed by atoms with van der Waals surface area (Å²) in [5.41, 5.74) is 2.77. The highest BCUT2D eigenvalue weighted by atomic mass is 16.5. The number of carbonyl (C=O) groups excluding carboxylic acids is 1. The summed E-state index contributed by atoms with van der Waals surface area (Å²) in [7, 11) is 0. The maximum absolute atomic E-state index is 12.0. The van der Waals surface area contributed by atoms with Crippen LogP contribution in [-0.4, -0.2) is 31.9 Å². The average Bonchev–Trinajstić information content (AvgIpc) is 3.36. The minimum Gasteiger partial charge on any atom is -0.477 e. The average molecular weight is 366 g/mol. The minimum absolute atomic E-state index is 0.0792. The smallest absolute Gasteiger partial charge is 0.343 e. The largest absolute Gasteiger partial charge is 0.477 e. The summed E-state index contributed by atoms with van der Waals surface area (Å²) in [5, 5.41) is 20.7. The third kappa shape index (κ3) is 2.99. The molecule has 0 spiro atoms. The number of para-hydroxylation sites is 1. The van der Waals surface area contributed by atoms with E-state index in [9.17, 15) is 14.7 Å². The van der Waals surface area contributed by atoms with Gasteiger partial charge in [0.05, 0.1) is 17.1 Å². The highest BCUT2D eigenvalue weighted by Gasteiger charge is 2.34. The van der Waals surface area contributed by atoms with E-state index in [1.807, 2.05) is 37.3 Å². The fourth-order valence-electron chi connectivity index (χ4n) is 3.11. The van der Waals surface area contributed by atoms with E-state index < -0.39 is 5.97 Å². The van der Waals surface area contributed by atoms with Crippen molar-refractivity contribution in [1.82, 2.24) is 14.9 Å². The van der Waals surface area contributed by atoms with Crippen LogP contribution in [-0.2, 0) is 4.79 Å². The molecule has 0 saturated heterocycles. The molecule has 0 atom stereocenters. The molecule has 1 aliphatic carbocycles. The van der Waals surface area contributed by atoms with Crippen molar-refractivity contribution in [3.8, 4) is 16.9 Å². The second-order valence-corrected chi connectivity index (χ2v) is 6.60. The predicted octanol–water partition coefficient (Wildman–Crippen LogP) is 3.19. The van der Waals surface area contributed by atoms with Gasteiger partial charge in [-0.3, -0.25) is 10.1 Å². The molecule has 8 nitrogen and oxygen atoms in total. The van der Waals surface area contributed by atoms with Gasteiger partial charge >= 0.3 is 5.97 Å². The summed E-state index contributed by atoms with van der Waals surface area (Å²) in [6.07, 6.45) is 1.61. The molecule has 2 N–H and O–H groups in total. The van der Waals surface area contributed by atoms with Crippen molar-refractivity contribution in [2.24, 2.45) is 5.92 Å². The molecule has 27 heavy (non-hydrogen) atoms. The lowest BCUT2D eigenvalue weighted by molar-refractivity contribution is -0.117. The van der Waals surface area contributed by atoms with Gasteiger partial charge in [-0.1, -0.05) is 23.4 Å². The molecule has 2 heterocycles. The van der Waals surface area contributed by atoms with Gasteiger partial charge in [-0.25, -0.2) is 9.48 Å². The van der Waals surface area contributed by atoms with Gasteiger partial charge < -0.3 is 9.63 Å². The Morgan fingerprint density at radius 3 is 2.56 bits per heavy atom. The zero-order valence-corrected chi connectivity index (χ0v) is 14.9. The monoisotopic (exact) mass is 366 g/mol. The minimum atomic E-state index is -1.22. The van der Waals surface area contributed by atoms with Gasteiger partial charge in [0.25, 0.3) is 0 Å². The second kappa shape index (κ2) is 6.39. The molecular weight excluding hydrogens is 348 g/mol. The number of rotatable bonds is 5. The number of anilines is 1. The quantitative estimate of drug-likeness (QED) is 0.717. The molecule has 1 fully saturated rings. The van der Waals surface area contributed by atoms with E-state index in [2.05, 4.69) is 15.6 Å². The molecule has 0 bridgehead atoms. The molecule has 8 heteroatoms. The number of benzene rings is 1. The van der Waals surface area contributed by atoms with Crippen molar-refractivity contribution in [1.29, 1.82) is 0 Å². The van der Waals surface area contributed by atoms with E-state index in [0.717, 1.165) is 24.2 Å². The first-order valence-corrected chi connectivity index (χ1v) is 8.63. The number of nitrogens with one attached hydrogen (secondary N) is 1. The summed E-state index contributed by atoms with van der Waals surface area (Å²) in [4.78, 5) is 23.9. The fourth-order valence-corrected chi connectivity index (χ4v) is 3.11. The topological polar surface area (TPSA) is 110 Å². The fraction of sp³-hybridized carbons (Fsp3) is 0.263. The first-order valence-electron chi connectivity index (χ1n) is 8.63. The molecule has 0 aliphatic heterocycles. The van der Waals surface area contributed by atoms with E-state index >= 15 is 0 Å². The number of amides is 1. The zero-order valence-electron chi connectivity index (χ0n) is 14.9. The Bertz CT molecular complexity index is 1030. The summed E-state index contributed by atoms with van der Waals surface area (Å²) in [6, 6.07) is 9.52. The van der Waals surface area contributed by atoms with E-state index in [-0.39, 0.29) is 29.0 Å². The maximum atomic E-state index is 12.0. The second-order valence-electron chi connectivity index (χ2n) is 6.60. The lowest BCUT2D eigenvalue weighted by Gasteiger charge is -2.04. The summed E-state index contributed by atoms with van der Waals surface area (Å²) < 4.78 is 6.91. The Morgan fingerprint density at radius 2 is 1.93 bits per heavy atom. The first kappa shape index (κ1) is 17.0. The molecular formula is C19H18N4O4. The van der Waals surface area contributed by atoms with Crippen molar-refractivity contribution >= 4 is 17.8 Å². The molecule has 2 aromatic heterocycles. The number of carboxylic acids is 1. The van der Waals surface area contributed by atoms with E-state index in [1.165, 1.54) is 0 Å². The van der Waals surface area contributed by atoms with Crippen LogP contribution in [0.2, 0.25) is 0 Å². The summed E-state index contributed by atoms with van der Waals surface area (Å²) in [5.74, 6) is -1.68. The number of aromatic nitrogens is 3. The lowest BCUT2D eigenvalue weighted by atomic mass is 10.1. The van der Waals surface area contributed by atoms with Crippen LogP contribution in [0.25, 0.3) is 16.9 Å². The van der Waals surface area contributed by atoms with Gasteiger partial charge in [-0.15, -0.1) is 0 Å². The van der Waals surface area contributed by atoms with E-state index in [4.69, 9.17) is 4.52 Å². The maximum Gasteiger partial charge on any atom is 0.343 e. The van der Waals surface area contributed by atoms with Gasteiger partial charge in [0.1, 0.15) is 5.69 Å². The Labute approximate surface area is 154 Å². The SMILES string of the molecule is Cc1nn(-c2ccccc2)c(C)c1-c1noc(NC(=O)C2CC2)c1C(=O)O. The van der Waals surface area contributed by atoms with Crippen molar-refractivity contribution in [3.63, 3.8) is 0 Å². The molecule has 1 amide bonds. The van der Waals surface area contributed by atoms with Crippen LogP contribution in [0.15, 0.2) is 34.9 Å². The number of nitrogens with zero attached hydrogens (tertiary/aromatic N) is 3. The molecule has 0 radical (unpaired) electrons. The van der Waals surface area contributed by atoms with Gasteiger partial charge in [-0.2, -0.15) is 5.10 Å². The molecule has 0 unspecified atom stereocenters. The molecule has 1 aromatic carbocycles. The van der Waals surface area contributed by atoms with E-state index in [1.54, 1.807) is 11.6 Å². The van der Waals surface area contributed by atoms with Crippen LogP contribution in [0.1, 0.15) is 34.6 Å². The Balaban J connectivity index is 1.80. The third-order valence-corrected chi connectivity index (χ3v) is 4.62. The molecule has 4 rings (SSSR count). The van der Waals surface area contributed by atoms with Crippen molar-refractivity contribution in [2.75, 3.05) is 5.32 Å². The van der Waals surface area contributed by atoms with Crippen LogP contribution in [0.4, 0.5) is 5.88 Å². The van der Waals surface area contributed by atoms with Crippen LogP contribution in [0.5, 0.6) is 0 Å². The standard InChI is InChI=1S/C19H18N4O4/c1-10-14(11(2)23(21-10)13-6-4-3-5-7-13)16-15(19(25)26)18(27-22-16)20-17(24)12-8-9-12/h3-7,12H,8-9H2,1-2H3,(H,20,24)(H,25,26). The third-order valence-electron chi connectivity index (χ3n) is 4.62. The Morgan fingerprint density at radius 1 is 1.22 bits per heavy atom. The number of aromatic carboxylic acids is 1. The van der Waals surface area contributed by atoms with Gasteiger partial charge in [-0.05, 0) is 38.8 Å². The molecule has 1 saturated carbocycles. The molecule has 138 valence electrons. The van der Waals surface area contributed by atoms with Gasteiger partial charge in [0.15, 0.2) is 5.56 Å². The molecule has 3 aromatic rings. The Hall–Kier alpha value is -3.42.